The molecule has 226 valence electrons. The number of nitrogens with zero attached hydrogens (tertiary/aromatic N) is 3. The Balaban J connectivity index is 0.980. The van der Waals surface area contributed by atoms with Crippen molar-refractivity contribution < 1.29 is 18.7 Å². The Bertz CT molecular complexity index is 1640. The van der Waals surface area contributed by atoms with Gasteiger partial charge >= 0.3 is 0 Å². The molecule has 1 N–H and O–H groups in total. The number of carbonyl (C=O) groups excluding carboxylic acids is 2. The van der Waals surface area contributed by atoms with Crippen molar-refractivity contribution in [1.82, 2.24) is 10.2 Å². The average molecular weight is 591 g/mol. The van der Waals surface area contributed by atoms with Crippen LogP contribution in [0.2, 0.25) is 0 Å². The summed E-state index contributed by atoms with van der Waals surface area (Å²) in [6, 6.07) is 23.5. The van der Waals surface area contributed by atoms with Crippen LogP contribution in [-0.4, -0.2) is 55.9 Å². The summed E-state index contributed by atoms with van der Waals surface area (Å²) >= 11 is 0. The number of likely N-dealkylation sites (tertiary alicyclic amines) is 1. The number of nitrogens with one attached hydrogen (secondary N) is 1. The Morgan fingerprint density at radius 2 is 1.61 bits per heavy atom. The van der Waals surface area contributed by atoms with Gasteiger partial charge in [0.15, 0.2) is 11.4 Å². The minimum atomic E-state index is -0.192. The molecule has 1 aromatic heterocycles. The zero-order chi connectivity index (χ0) is 30.5. The quantitative estimate of drug-likeness (QED) is 0.227. The third kappa shape index (κ3) is 6.95. The summed E-state index contributed by atoms with van der Waals surface area (Å²) in [6.45, 7) is 11.5. The minimum Gasteiger partial charge on any atom is -0.497 e. The second-order valence-electron chi connectivity index (χ2n) is 11.9. The first-order valence-electron chi connectivity index (χ1n) is 15.4. The van der Waals surface area contributed by atoms with Crippen LogP contribution in [0, 0.1) is 12.5 Å². The molecule has 1 amide bonds. The first-order chi connectivity index (χ1) is 21.5. The molecule has 0 bridgehead atoms. The number of ether oxygens (including phenoxy) is 1. The maximum Gasteiger partial charge on any atom is 0.287 e. The normalized spacial score (nSPS) is 16.5. The second kappa shape index (κ2) is 13.4. The molecule has 2 aliphatic rings. The van der Waals surface area contributed by atoms with Gasteiger partial charge in [0, 0.05) is 62.2 Å². The highest BCUT2D eigenvalue weighted by Gasteiger charge is 2.26. The Morgan fingerprint density at radius 1 is 0.909 bits per heavy atom. The SMILES string of the molecule is [C-]#[N+]c1ccc(N2CCC(C(=O)Cc3ccc4oc(C(=O)NC5CCN(Cc6ccc(OC)cc6)CC5)cc4c3)CC2)cc1. The molecule has 3 heterocycles. The Labute approximate surface area is 258 Å². The van der Waals surface area contributed by atoms with E-state index in [4.69, 9.17) is 15.7 Å². The summed E-state index contributed by atoms with van der Waals surface area (Å²) in [7, 11) is 1.67. The van der Waals surface area contributed by atoms with Gasteiger partial charge in [-0.15, -0.1) is 0 Å². The average Bonchev–Trinajstić information content (AvgIpc) is 3.50. The first kappa shape index (κ1) is 29.5. The number of piperidine rings is 2. The van der Waals surface area contributed by atoms with Crippen LogP contribution in [0.25, 0.3) is 15.8 Å². The molecule has 0 unspecified atom stereocenters. The lowest BCUT2D eigenvalue weighted by Crippen LogP contribution is -2.44. The van der Waals surface area contributed by atoms with Crippen molar-refractivity contribution in [2.24, 2.45) is 5.92 Å². The smallest absolute Gasteiger partial charge is 0.287 e. The number of hydrogen-bond acceptors (Lipinski definition) is 6. The molecule has 4 aromatic rings. The molecule has 2 fully saturated rings. The number of methoxy groups -OCH3 is 1. The van der Waals surface area contributed by atoms with Crippen LogP contribution < -0.4 is 15.0 Å². The van der Waals surface area contributed by atoms with Crippen molar-refractivity contribution in [2.45, 2.75) is 44.7 Å². The standard InChI is InChI=1S/C36H38N4O4/c1-37-29-6-8-31(9-7-29)40-19-13-27(14-20-40)33(41)22-26-5-12-34-28(21-26)23-35(44-34)36(42)38-30-15-17-39(18-16-30)24-25-3-10-32(43-2)11-4-25/h3-12,21,23,27,30H,13-20,22,24H2,2H3,(H,38,42). The number of ketones is 1. The Morgan fingerprint density at radius 3 is 2.30 bits per heavy atom. The number of fused-ring (bicyclic) bond motifs is 1. The van der Waals surface area contributed by atoms with Gasteiger partial charge in [0.25, 0.3) is 5.91 Å². The number of amides is 1. The zero-order valence-electron chi connectivity index (χ0n) is 25.1. The fraction of sp³-hybridized carbons (Fsp3) is 0.361. The zero-order valence-corrected chi connectivity index (χ0v) is 25.1. The van der Waals surface area contributed by atoms with Crippen LogP contribution in [0.15, 0.2) is 77.2 Å². The summed E-state index contributed by atoms with van der Waals surface area (Å²) in [4.78, 5) is 34.4. The fourth-order valence-electron chi connectivity index (χ4n) is 6.34. The molecule has 0 saturated carbocycles. The van der Waals surface area contributed by atoms with Crippen LogP contribution in [-0.2, 0) is 17.8 Å². The predicted molar refractivity (Wildman–Crippen MR) is 171 cm³/mol. The number of anilines is 1. The molecule has 6 rings (SSSR count). The molecule has 2 aliphatic heterocycles. The third-order valence-corrected chi connectivity index (χ3v) is 8.97. The molecule has 2 saturated heterocycles. The summed E-state index contributed by atoms with van der Waals surface area (Å²) in [5.74, 6) is 1.27. The van der Waals surface area contributed by atoms with E-state index in [0.717, 1.165) is 80.8 Å². The van der Waals surface area contributed by atoms with Crippen LogP contribution in [0.5, 0.6) is 5.75 Å². The van der Waals surface area contributed by atoms with Crippen LogP contribution in [0.4, 0.5) is 11.4 Å². The minimum absolute atomic E-state index is 0.0396. The molecule has 0 radical (unpaired) electrons. The number of benzene rings is 3. The molecule has 0 aliphatic carbocycles. The lowest BCUT2D eigenvalue weighted by atomic mass is 9.89. The van der Waals surface area contributed by atoms with Crippen molar-refractivity contribution in [1.29, 1.82) is 0 Å². The van der Waals surface area contributed by atoms with E-state index >= 15 is 0 Å². The van der Waals surface area contributed by atoms with Crippen LogP contribution in [0.3, 0.4) is 0 Å². The lowest BCUT2D eigenvalue weighted by Gasteiger charge is -2.33. The molecular formula is C36H38N4O4. The number of furan rings is 1. The van der Waals surface area contributed by atoms with Crippen LogP contribution >= 0.6 is 0 Å². The molecule has 0 atom stereocenters. The van der Waals surface area contributed by atoms with Crippen molar-refractivity contribution in [3.05, 3.63) is 101 Å². The maximum atomic E-state index is 13.2. The third-order valence-electron chi connectivity index (χ3n) is 8.97. The Kier molecular flexibility index (Phi) is 8.94. The van der Waals surface area contributed by atoms with Gasteiger partial charge in [-0.3, -0.25) is 14.5 Å². The Hall–Kier alpha value is -4.61. The van der Waals surface area contributed by atoms with Crippen molar-refractivity contribution in [3.63, 3.8) is 0 Å². The van der Waals surface area contributed by atoms with Gasteiger partial charge in [0.05, 0.1) is 13.7 Å². The van der Waals surface area contributed by atoms with Gasteiger partial charge in [-0.2, -0.15) is 0 Å². The largest absolute Gasteiger partial charge is 0.497 e. The van der Waals surface area contributed by atoms with E-state index in [0.29, 0.717) is 23.5 Å². The van der Waals surface area contributed by atoms with Crippen molar-refractivity contribution in [2.75, 3.05) is 38.2 Å². The summed E-state index contributed by atoms with van der Waals surface area (Å²) in [5.41, 5.74) is 4.58. The van der Waals surface area contributed by atoms with Gasteiger partial charge in [-0.1, -0.05) is 30.3 Å². The number of hydrogen-bond donors (Lipinski definition) is 1. The number of rotatable bonds is 9. The van der Waals surface area contributed by atoms with E-state index in [2.05, 4.69) is 32.1 Å². The summed E-state index contributed by atoms with van der Waals surface area (Å²) in [6.07, 6.45) is 3.80. The molecule has 3 aromatic carbocycles. The fourth-order valence-corrected chi connectivity index (χ4v) is 6.34. The van der Waals surface area contributed by atoms with E-state index in [1.807, 2.05) is 54.6 Å². The molecule has 44 heavy (non-hydrogen) atoms. The summed E-state index contributed by atoms with van der Waals surface area (Å²) < 4.78 is 11.1. The number of Topliss-reactive ketones (excluding diaryl/α,β-unsaturated/α-hetero) is 1. The van der Waals surface area contributed by atoms with E-state index in [1.54, 1.807) is 13.2 Å². The van der Waals surface area contributed by atoms with Gasteiger partial charge in [0.1, 0.15) is 17.1 Å². The van der Waals surface area contributed by atoms with Crippen molar-refractivity contribution >= 4 is 34.0 Å². The highest BCUT2D eigenvalue weighted by Crippen LogP contribution is 2.28. The van der Waals surface area contributed by atoms with E-state index in [1.165, 1.54) is 5.56 Å². The predicted octanol–water partition coefficient (Wildman–Crippen LogP) is 6.41. The molecule has 8 heteroatoms. The van der Waals surface area contributed by atoms with E-state index in [9.17, 15) is 9.59 Å². The van der Waals surface area contributed by atoms with Gasteiger partial charge in [0.2, 0.25) is 0 Å². The molecule has 8 nitrogen and oxygen atoms in total. The number of carbonyl (C=O) groups is 2. The van der Waals surface area contributed by atoms with E-state index in [-0.39, 0.29) is 23.7 Å². The van der Waals surface area contributed by atoms with Crippen LogP contribution in [0.1, 0.15) is 47.4 Å². The summed E-state index contributed by atoms with van der Waals surface area (Å²) in [5, 5.41) is 4.00. The first-order valence-corrected chi connectivity index (χ1v) is 15.4. The monoisotopic (exact) mass is 590 g/mol. The topological polar surface area (TPSA) is 79.4 Å². The second-order valence-corrected chi connectivity index (χ2v) is 11.9. The highest BCUT2D eigenvalue weighted by molar-refractivity contribution is 5.96. The maximum absolute atomic E-state index is 13.2. The van der Waals surface area contributed by atoms with Gasteiger partial charge < -0.3 is 19.4 Å². The molecule has 0 spiro atoms. The lowest BCUT2D eigenvalue weighted by molar-refractivity contribution is -0.122. The van der Waals surface area contributed by atoms with E-state index < -0.39 is 0 Å². The van der Waals surface area contributed by atoms with Crippen molar-refractivity contribution in [3.8, 4) is 5.75 Å². The van der Waals surface area contributed by atoms with Gasteiger partial charge in [-0.25, -0.2) is 4.85 Å². The molecular weight excluding hydrogens is 552 g/mol. The van der Waals surface area contributed by atoms with Gasteiger partial charge in [-0.05, 0) is 79.3 Å². The highest BCUT2D eigenvalue weighted by atomic mass is 16.5.